The fourth-order valence-corrected chi connectivity index (χ4v) is 1.24. The molecule has 0 saturated heterocycles. The maximum Gasteiger partial charge on any atom is 0.285 e. The zero-order valence-electron chi connectivity index (χ0n) is 9.61. The monoisotopic (exact) mass is 232 g/mol. The van der Waals surface area contributed by atoms with Gasteiger partial charge in [0.15, 0.2) is 5.78 Å². The van der Waals surface area contributed by atoms with Crippen LogP contribution in [0.25, 0.3) is 0 Å². The third kappa shape index (κ3) is 3.40. The first-order chi connectivity index (χ1) is 8.06. The Balaban J connectivity index is 3.19. The molecule has 0 aliphatic heterocycles. The van der Waals surface area contributed by atoms with E-state index in [1.807, 2.05) is 0 Å². The van der Waals surface area contributed by atoms with Gasteiger partial charge >= 0.3 is 0 Å². The Morgan fingerprint density at radius 2 is 2.24 bits per heavy atom. The molecule has 88 valence electrons. The van der Waals surface area contributed by atoms with Crippen LogP contribution in [0, 0.1) is 22.0 Å². The third-order valence-electron chi connectivity index (χ3n) is 2.09. The van der Waals surface area contributed by atoms with Gasteiger partial charge in [0.1, 0.15) is 5.56 Å². The lowest BCUT2D eigenvalue weighted by atomic mass is 10.1. The predicted molar refractivity (Wildman–Crippen MR) is 63.9 cm³/mol. The lowest BCUT2D eigenvalue weighted by molar-refractivity contribution is -0.385. The summed E-state index contributed by atoms with van der Waals surface area (Å²) in [5, 5.41) is 13.7. The molecule has 0 bridgehead atoms. The summed E-state index contributed by atoms with van der Waals surface area (Å²) < 4.78 is 0. The Morgan fingerprint density at radius 1 is 1.53 bits per heavy atom. The van der Waals surface area contributed by atoms with E-state index in [0.29, 0.717) is 17.7 Å². The van der Waals surface area contributed by atoms with Crippen molar-refractivity contribution in [3.05, 3.63) is 39.4 Å². The number of nitrogens with one attached hydrogen (secondary N) is 1. The van der Waals surface area contributed by atoms with Gasteiger partial charge in [0.2, 0.25) is 0 Å². The highest BCUT2D eigenvalue weighted by molar-refractivity contribution is 5.95. The van der Waals surface area contributed by atoms with Crippen LogP contribution < -0.4 is 5.32 Å². The number of nitro groups is 1. The lowest BCUT2D eigenvalue weighted by Gasteiger charge is -1.98. The molecule has 5 nitrogen and oxygen atoms in total. The van der Waals surface area contributed by atoms with Gasteiger partial charge in [0.25, 0.3) is 5.69 Å². The van der Waals surface area contributed by atoms with Gasteiger partial charge < -0.3 is 5.32 Å². The molecule has 1 aromatic carbocycles. The summed E-state index contributed by atoms with van der Waals surface area (Å²) in [6, 6.07) is 4.29. The van der Waals surface area contributed by atoms with E-state index >= 15 is 0 Å². The standard InChI is InChI=1S/C12H12N2O3/c1-9(15)11-6-5-10(4-3-7-13-2)12(8-11)14(16)17/h5-6,8,13H,7H2,1-2H3. The zero-order chi connectivity index (χ0) is 12.8. The normalized spacial score (nSPS) is 9.29. The fourth-order valence-electron chi connectivity index (χ4n) is 1.24. The van der Waals surface area contributed by atoms with Gasteiger partial charge in [0, 0.05) is 11.6 Å². The van der Waals surface area contributed by atoms with Crippen LogP contribution in [-0.2, 0) is 0 Å². The van der Waals surface area contributed by atoms with Crippen molar-refractivity contribution in [1.82, 2.24) is 5.32 Å². The molecule has 0 amide bonds. The molecule has 1 N–H and O–H groups in total. The maximum absolute atomic E-state index is 11.1. The van der Waals surface area contributed by atoms with Gasteiger partial charge in [-0.05, 0) is 26.1 Å². The van der Waals surface area contributed by atoms with Crippen molar-refractivity contribution >= 4 is 11.5 Å². The van der Waals surface area contributed by atoms with E-state index in [0.717, 1.165) is 0 Å². The Kier molecular flexibility index (Phi) is 4.37. The average molecular weight is 232 g/mol. The molecule has 1 rings (SSSR count). The summed E-state index contributed by atoms with van der Waals surface area (Å²) >= 11 is 0. The first-order valence-corrected chi connectivity index (χ1v) is 4.99. The second-order valence-electron chi connectivity index (χ2n) is 3.38. The number of hydrogen-bond acceptors (Lipinski definition) is 4. The molecule has 0 atom stereocenters. The molecule has 0 aliphatic carbocycles. The Morgan fingerprint density at radius 3 is 2.76 bits per heavy atom. The van der Waals surface area contributed by atoms with Crippen LogP contribution in [0.1, 0.15) is 22.8 Å². The smallest absolute Gasteiger partial charge is 0.285 e. The van der Waals surface area contributed by atoms with E-state index in [1.165, 1.54) is 19.1 Å². The van der Waals surface area contributed by atoms with E-state index < -0.39 is 4.92 Å². The van der Waals surface area contributed by atoms with Crippen molar-refractivity contribution < 1.29 is 9.72 Å². The number of Topliss-reactive ketones (excluding diaryl/α,β-unsaturated/α-hetero) is 1. The Hall–Kier alpha value is -2.19. The molecule has 5 heteroatoms. The number of nitrogens with zero attached hydrogens (tertiary/aromatic N) is 1. The van der Waals surface area contributed by atoms with Crippen LogP contribution in [0.2, 0.25) is 0 Å². The molecule has 17 heavy (non-hydrogen) atoms. The minimum absolute atomic E-state index is 0.138. The summed E-state index contributed by atoms with van der Waals surface area (Å²) in [6.45, 7) is 1.82. The molecule has 0 aliphatic rings. The highest BCUT2D eigenvalue weighted by Crippen LogP contribution is 2.19. The third-order valence-corrected chi connectivity index (χ3v) is 2.09. The van der Waals surface area contributed by atoms with Crippen molar-refractivity contribution in [2.45, 2.75) is 6.92 Å². The first-order valence-electron chi connectivity index (χ1n) is 4.99. The number of rotatable bonds is 3. The van der Waals surface area contributed by atoms with Crippen LogP contribution in [0.3, 0.4) is 0 Å². The molecular weight excluding hydrogens is 220 g/mol. The number of benzene rings is 1. The second kappa shape index (κ2) is 5.77. The molecular formula is C12H12N2O3. The van der Waals surface area contributed by atoms with Crippen molar-refractivity contribution in [2.75, 3.05) is 13.6 Å². The largest absolute Gasteiger partial charge is 0.309 e. The number of hydrogen-bond donors (Lipinski definition) is 1. The van der Waals surface area contributed by atoms with Crippen LogP contribution in [0.5, 0.6) is 0 Å². The van der Waals surface area contributed by atoms with Crippen LogP contribution in [0.15, 0.2) is 18.2 Å². The molecule has 0 radical (unpaired) electrons. The summed E-state index contributed by atoms with van der Waals surface area (Å²) in [6.07, 6.45) is 0. The van der Waals surface area contributed by atoms with Gasteiger partial charge in [-0.3, -0.25) is 14.9 Å². The second-order valence-corrected chi connectivity index (χ2v) is 3.38. The van der Waals surface area contributed by atoms with Gasteiger partial charge in [-0.25, -0.2) is 0 Å². The van der Waals surface area contributed by atoms with Crippen LogP contribution in [0.4, 0.5) is 5.69 Å². The van der Waals surface area contributed by atoms with E-state index in [-0.39, 0.29) is 11.5 Å². The van der Waals surface area contributed by atoms with E-state index in [4.69, 9.17) is 0 Å². The zero-order valence-corrected chi connectivity index (χ0v) is 9.61. The minimum atomic E-state index is -0.532. The summed E-state index contributed by atoms with van der Waals surface area (Å²) in [5.74, 6) is 5.24. The molecule has 0 aromatic heterocycles. The number of carbonyl (C=O) groups excluding carboxylic acids is 1. The summed E-state index contributed by atoms with van der Waals surface area (Å²) in [5.41, 5.74) is 0.493. The predicted octanol–water partition coefficient (Wildman–Crippen LogP) is 1.37. The molecule has 0 spiro atoms. The Bertz CT molecular complexity index is 512. The Labute approximate surface area is 99.0 Å². The average Bonchev–Trinajstić information content (AvgIpc) is 2.29. The topological polar surface area (TPSA) is 72.2 Å². The lowest BCUT2D eigenvalue weighted by Crippen LogP contribution is -2.04. The van der Waals surface area contributed by atoms with E-state index in [9.17, 15) is 14.9 Å². The van der Waals surface area contributed by atoms with E-state index in [2.05, 4.69) is 17.2 Å². The summed E-state index contributed by atoms with van der Waals surface area (Å²) in [4.78, 5) is 21.4. The van der Waals surface area contributed by atoms with Gasteiger partial charge in [-0.15, -0.1) is 0 Å². The SMILES string of the molecule is CNCC#Cc1ccc(C(C)=O)cc1[N+](=O)[O-]. The molecule has 0 fully saturated rings. The maximum atomic E-state index is 11.1. The highest BCUT2D eigenvalue weighted by atomic mass is 16.6. The number of ketones is 1. The van der Waals surface area contributed by atoms with Crippen molar-refractivity contribution in [3.63, 3.8) is 0 Å². The molecule has 0 heterocycles. The quantitative estimate of drug-likeness (QED) is 0.370. The molecule has 0 unspecified atom stereocenters. The summed E-state index contributed by atoms with van der Waals surface area (Å²) in [7, 11) is 1.74. The van der Waals surface area contributed by atoms with Gasteiger partial charge in [0.05, 0.1) is 11.5 Å². The van der Waals surface area contributed by atoms with Crippen molar-refractivity contribution in [2.24, 2.45) is 0 Å². The molecule has 1 aromatic rings. The van der Waals surface area contributed by atoms with Gasteiger partial charge in [-0.1, -0.05) is 11.8 Å². The van der Waals surface area contributed by atoms with Crippen molar-refractivity contribution in [1.29, 1.82) is 0 Å². The van der Waals surface area contributed by atoms with Crippen LogP contribution in [-0.4, -0.2) is 24.3 Å². The molecule has 0 saturated carbocycles. The van der Waals surface area contributed by atoms with Crippen LogP contribution >= 0.6 is 0 Å². The van der Waals surface area contributed by atoms with Crippen molar-refractivity contribution in [3.8, 4) is 11.8 Å². The fraction of sp³-hybridized carbons (Fsp3) is 0.250. The van der Waals surface area contributed by atoms with E-state index in [1.54, 1.807) is 13.1 Å². The minimum Gasteiger partial charge on any atom is -0.309 e. The number of nitro benzene ring substituents is 1. The first kappa shape index (κ1) is 12.9. The number of carbonyl (C=O) groups is 1. The van der Waals surface area contributed by atoms with Gasteiger partial charge in [-0.2, -0.15) is 0 Å². The highest BCUT2D eigenvalue weighted by Gasteiger charge is 2.14.